The third-order valence-corrected chi connectivity index (χ3v) is 2.95. The molecule has 5 nitrogen and oxygen atoms in total. The fourth-order valence-corrected chi connectivity index (χ4v) is 1.73. The van der Waals surface area contributed by atoms with Crippen molar-refractivity contribution in [2.24, 2.45) is 4.99 Å². The number of hydrogen-bond acceptors (Lipinski definition) is 3. The highest BCUT2D eigenvalue weighted by Gasteiger charge is 2.21. The summed E-state index contributed by atoms with van der Waals surface area (Å²) in [5.41, 5.74) is 0. The molecule has 0 aromatic heterocycles. The topological polar surface area (TPSA) is 54.9 Å². The van der Waals surface area contributed by atoms with Crippen molar-refractivity contribution >= 4 is 5.96 Å². The molecule has 0 saturated heterocycles. The van der Waals surface area contributed by atoms with Crippen LogP contribution in [0.3, 0.4) is 0 Å². The van der Waals surface area contributed by atoms with Crippen LogP contribution in [0.25, 0.3) is 0 Å². The maximum atomic E-state index is 5.64. The van der Waals surface area contributed by atoms with Gasteiger partial charge in [0.1, 0.15) is 18.1 Å². The fourth-order valence-electron chi connectivity index (χ4n) is 1.73. The van der Waals surface area contributed by atoms with Crippen molar-refractivity contribution in [2.45, 2.75) is 25.8 Å². The Morgan fingerprint density at radius 3 is 2.55 bits per heavy atom. The lowest BCUT2D eigenvalue weighted by atomic mass is 10.3. The van der Waals surface area contributed by atoms with Crippen LogP contribution in [0.4, 0.5) is 0 Å². The fraction of sp³-hybridized carbons (Fsp3) is 0.533. The van der Waals surface area contributed by atoms with Gasteiger partial charge in [-0.2, -0.15) is 0 Å². The predicted octanol–water partition coefficient (Wildman–Crippen LogP) is 1.79. The van der Waals surface area contributed by atoms with Crippen LogP contribution in [-0.4, -0.2) is 38.8 Å². The number of aliphatic imine (C=N–C) groups is 1. The van der Waals surface area contributed by atoms with Gasteiger partial charge >= 0.3 is 0 Å². The monoisotopic (exact) mass is 277 g/mol. The maximum Gasteiger partial charge on any atom is 0.191 e. The van der Waals surface area contributed by atoms with Crippen molar-refractivity contribution in [2.75, 3.05) is 26.8 Å². The van der Waals surface area contributed by atoms with E-state index >= 15 is 0 Å². The van der Waals surface area contributed by atoms with Crippen LogP contribution in [-0.2, 0) is 0 Å². The Bertz CT molecular complexity index is 427. The van der Waals surface area contributed by atoms with Gasteiger partial charge in [-0.25, -0.2) is 4.99 Å². The van der Waals surface area contributed by atoms with E-state index in [2.05, 4.69) is 22.5 Å². The first-order chi connectivity index (χ1) is 9.81. The van der Waals surface area contributed by atoms with Crippen LogP contribution in [0, 0.1) is 0 Å². The lowest BCUT2D eigenvalue weighted by molar-refractivity contribution is 0.327. The summed E-state index contributed by atoms with van der Waals surface area (Å²) in [6.45, 7) is 4.14. The van der Waals surface area contributed by atoms with Crippen molar-refractivity contribution in [3.8, 4) is 11.5 Å². The quantitative estimate of drug-likeness (QED) is 0.453. The number of methoxy groups -OCH3 is 1. The van der Waals surface area contributed by atoms with Gasteiger partial charge in [0.2, 0.25) is 0 Å². The van der Waals surface area contributed by atoms with E-state index in [1.807, 2.05) is 24.3 Å². The summed E-state index contributed by atoms with van der Waals surface area (Å²) in [4.78, 5) is 4.49. The Morgan fingerprint density at radius 1 is 1.25 bits per heavy atom. The number of ether oxygens (including phenoxy) is 2. The van der Waals surface area contributed by atoms with E-state index in [4.69, 9.17) is 9.47 Å². The number of hydrogen-bond donors (Lipinski definition) is 2. The molecule has 1 fully saturated rings. The average molecular weight is 277 g/mol. The van der Waals surface area contributed by atoms with Crippen LogP contribution in [0.15, 0.2) is 29.3 Å². The first-order valence-corrected chi connectivity index (χ1v) is 7.13. The molecular formula is C15H23N3O2. The standard InChI is InChI=1S/C15H23N3O2/c1-3-16-15(18-12-4-5-12)17-10-11-20-14-8-6-13(19-2)7-9-14/h6-9,12H,3-5,10-11H2,1-2H3,(H2,16,17,18). The third-order valence-electron chi connectivity index (χ3n) is 2.95. The molecule has 0 radical (unpaired) electrons. The molecule has 20 heavy (non-hydrogen) atoms. The number of nitrogens with one attached hydrogen (secondary N) is 2. The van der Waals surface area contributed by atoms with Gasteiger partial charge < -0.3 is 20.1 Å². The number of nitrogens with zero attached hydrogens (tertiary/aromatic N) is 1. The Morgan fingerprint density at radius 2 is 1.95 bits per heavy atom. The Labute approximate surface area is 120 Å². The molecule has 110 valence electrons. The highest BCUT2D eigenvalue weighted by molar-refractivity contribution is 5.80. The number of rotatable bonds is 7. The molecule has 1 aromatic carbocycles. The van der Waals surface area contributed by atoms with Crippen molar-refractivity contribution in [3.05, 3.63) is 24.3 Å². The summed E-state index contributed by atoms with van der Waals surface area (Å²) in [5, 5.41) is 6.61. The number of guanidine groups is 1. The minimum Gasteiger partial charge on any atom is -0.497 e. The van der Waals surface area contributed by atoms with E-state index in [1.54, 1.807) is 7.11 Å². The van der Waals surface area contributed by atoms with Crippen molar-refractivity contribution in [1.29, 1.82) is 0 Å². The van der Waals surface area contributed by atoms with Crippen molar-refractivity contribution < 1.29 is 9.47 Å². The van der Waals surface area contributed by atoms with Gasteiger partial charge in [-0.3, -0.25) is 0 Å². The van der Waals surface area contributed by atoms with Gasteiger partial charge in [-0.1, -0.05) is 0 Å². The lowest BCUT2D eigenvalue weighted by Crippen LogP contribution is -2.38. The van der Waals surface area contributed by atoms with Gasteiger partial charge in [-0.05, 0) is 44.0 Å². The second-order valence-electron chi connectivity index (χ2n) is 4.70. The van der Waals surface area contributed by atoms with Gasteiger partial charge in [0.05, 0.1) is 13.7 Å². The molecule has 5 heteroatoms. The van der Waals surface area contributed by atoms with E-state index in [0.29, 0.717) is 19.2 Å². The first-order valence-electron chi connectivity index (χ1n) is 7.13. The van der Waals surface area contributed by atoms with Crippen LogP contribution < -0.4 is 20.1 Å². The van der Waals surface area contributed by atoms with E-state index < -0.39 is 0 Å². The highest BCUT2D eigenvalue weighted by Crippen LogP contribution is 2.18. The maximum absolute atomic E-state index is 5.64. The molecule has 0 amide bonds. The van der Waals surface area contributed by atoms with E-state index in [1.165, 1.54) is 12.8 Å². The van der Waals surface area contributed by atoms with E-state index in [9.17, 15) is 0 Å². The molecule has 0 unspecified atom stereocenters. The zero-order valence-electron chi connectivity index (χ0n) is 12.2. The molecule has 0 bridgehead atoms. The molecular weight excluding hydrogens is 254 g/mol. The zero-order chi connectivity index (χ0) is 14.2. The van der Waals surface area contributed by atoms with Crippen LogP contribution >= 0.6 is 0 Å². The molecule has 0 atom stereocenters. The van der Waals surface area contributed by atoms with Crippen molar-refractivity contribution in [1.82, 2.24) is 10.6 Å². The van der Waals surface area contributed by atoms with Crippen LogP contribution in [0.2, 0.25) is 0 Å². The summed E-state index contributed by atoms with van der Waals surface area (Å²) in [5.74, 6) is 2.55. The molecule has 2 N–H and O–H groups in total. The average Bonchev–Trinajstić information content (AvgIpc) is 3.28. The Hall–Kier alpha value is -1.91. The number of benzene rings is 1. The molecule has 1 aliphatic rings. The largest absolute Gasteiger partial charge is 0.497 e. The van der Waals surface area contributed by atoms with Gasteiger partial charge in [0.15, 0.2) is 5.96 Å². The molecule has 1 aliphatic carbocycles. The van der Waals surface area contributed by atoms with Crippen molar-refractivity contribution in [3.63, 3.8) is 0 Å². The normalized spacial score (nSPS) is 14.8. The molecule has 1 saturated carbocycles. The summed E-state index contributed by atoms with van der Waals surface area (Å²) in [6, 6.07) is 8.18. The first kappa shape index (κ1) is 14.5. The SMILES string of the molecule is CCNC(=NCCOc1ccc(OC)cc1)NC1CC1. The summed E-state index contributed by atoms with van der Waals surface area (Å²) in [7, 11) is 1.65. The Balaban J connectivity index is 1.72. The molecule has 0 spiro atoms. The summed E-state index contributed by atoms with van der Waals surface area (Å²) >= 11 is 0. The van der Waals surface area contributed by atoms with E-state index in [-0.39, 0.29) is 0 Å². The molecule has 0 aliphatic heterocycles. The molecule has 0 heterocycles. The Kier molecular flexibility index (Phi) is 5.53. The molecule has 2 rings (SSSR count). The minimum absolute atomic E-state index is 0.563. The van der Waals surface area contributed by atoms with Crippen LogP contribution in [0.5, 0.6) is 11.5 Å². The minimum atomic E-state index is 0.563. The second-order valence-corrected chi connectivity index (χ2v) is 4.70. The highest BCUT2D eigenvalue weighted by atomic mass is 16.5. The van der Waals surface area contributed by atoms with Crippen LogP contribution in [0.1, 0.15) is 19.8 Å². The smallest absolute Gasteiger partial charge is 0.191 e. The lowest BCUT2D eigenvalue weighted by Gasteiger charge is -2.10. The zero-order valence-corrected chi connectivity index (χ0v) is 12.2. The molecule has 1 aromatic rings. The summed E-state index contributed by atoms with van der Waals surface area (Å²) in [6.07, 6.45) is 2.49. The summed E-state index contributed by atoms with van der Waals surface area (Å²) < 4.78 is 10.7. The van der Waals surface area contributed by atoms with E-state index in [0.717, 1.165) is 24.0 Å². The van der Waals surface area contributed by atoms with Gasteiger partial charge in [-0.15, -0.1) is 0 Å². The third kappa shape index (κ3) is 4.99. The second kappa shape index (κ2) is 7.62. The predicted molar refractivity (Wildman–Crippen MR) is 80.6 cm³/mol. The van der Waals surface area contributed by atoms with Gasteiger partial charge in [0, 0.05) is 12.6 Å². The van der Waals surface area contributed by atoms with Gasteiger partial charge in [0.25, 0.3) is 0 Å².